The van der Waals surface area contributed by atoms with Gasteiger partial charge in [0.1, 0.15) is 12.1 Å². The topological polar surface area (TPSA) is 32.3 Å². The van der Waals surface area contributed by atoms with Crippen molar-refractivity contribution in [3.05, 3.63) is 51.9 Å². The number of benzene rings is 1. The van der Waals surface area contributed by atoms with Crippen molar-refractivity contribution in [1.82, 2.24) is 14.9 Å². The molecule has 0 unspecified atom stereocenters. The molecule has 0 atom stereocenters. The molecule has 2 heterocycles. The lowest BCUT2D eigenvalue weighted by atomic mass is 10.1. The minimum atomic E-state index is -0.330. The molecule has 1 aromatic carbocycles. The fraction of sp³-hybridized carbons (Fsp3) is 0.444. The molecule has 3 rings (SSSR count). The van der Waals surface area contributed by atoms with Crippen LogP contribution in [0.25, 0.3) is 0 Å². The van der Waals surface area contributed by atoms with Crippen molar-refractivity contribution in [1.29, 1.82) is 0 Å². The molecule has 25 heavy (non-hydrogen) atoms. The Balaban J connectivity index is 1.66. The average Bonchev–Trinajstić information content (AvgIpc) is 2.60. The molecule has 0 radical (unpaired) electrons. The van der Waals surface area contributed by atoms with Gasteiger partial charge < -0.3 is 4.90 Å². The van der Waals surface area contributed by atoms with Crippen LogP contribution >= 0.6 is 15.9 Å². The molecule has 0 N–H and O–H groups in total. The summed E-state index contributed by atoms with van der Waals surface area (Å²) in [6.07, 6.45) is 1.43. The van der Waals surface area contributed by atoms with Crippen LogP contribution < -0.4 is 4.90 Å². The molecule has 1 saturated heterocycles. The van der Waals surface area contributed by atoms with E-state index in [9.17, 15) is 8.78 Å². The average molecular weight is 411 g/mol. The molecule has 0 spiro atoms. The summed E-state index contributed by atoms with van der Waals surface area (Å²) in [5, 5.41) is 0. The Kier molecular flexibility index (Phi) is 5.64. The van der Waals surface area contributed by atoms with Crippen molar-refractivity contribution in [3.8, 4) is 0 Å². The molecule has 7 heteroatoms. The van der Waals surface area contributed by atoms with Gasteiger partial charge in [-0.15, -0.1) is 0 Å². The van der Waals surface area contributed by atoms with Gasteiger partial charge in [0.05, 0.1) is 10.2 Å². The first-order chi connectivity index (χ1) is 12.0. The fourth-order valence-electron chi connectivity index (χ4n) is 3.03. The maximum absolute atomic E-state index is 14.6. The Bertz CT molecular complexity index is 746. The summed E-state index contributed by atoms with van der Waals surface area (Å²) >= 11 is 3.22. The number of halogens is 3. The van der Waals surface area contributed by atoms with Gasteiger partial charge in [0.2, 0.25) is 0 Å². The number of aromatic nitrogens is 2. The molecular formula is C18H21BrF2N4. The zero-order valence-corrected chi connectivity index (χ0v) is 15.9. The van der Waals surface area contributed by atoms with E-state index in [1.54, 1.807) is 12.1 Å². The third-order valence-electron chi connectivity index (χ3n) is 4.44. The van der Waals surface area contributed by atoms with Crippen LogP contribution in [-0.4, -0.2) is 41.0 Å². The molecule has 2 aromatic rings. The predicted octanol–water partition coefficient (Wildman–Crippen LogP) is 3.96. The summed E-state index contributed by atoms with van der Waals surface area (Å²) in [6.45, 7) is 7.14. The van der Waals surface area contributed by atoms with E-state index in [-0.39, 0.29) is 17.6 Å². The molecular weight excluding hydrogens is 390 g/mol. The molecule has 1 aromatic heterocycles. The fourth-order valence-corrected chi connectivity index (χ4v) is 3.43. The third kappa shape index (κ3) is 3.98. The first-order valence-corrected chi connectivity index (χ1v) is 9.17. The van der Waals surface area contributed by atoms with Gasteiger partial charge in [-0.3, -0.25) is 4.90 Å². The van der Waals surface area contributed by atoms with Crippen molar-refractivity contribution < 1.29 is 8.78 Å². The summed E-state index contributed by atoms with van der Waals surface area (Å²) in [6, 6.07) is 5.33. The number of anilines is 1. The normalized spacial score (nSPS) is 15.8. The van der Waals surface area contributed by atoms with E-state index < -0.39 is 0 Å². The van der Waals surface area contributed by atoms with Crippen molar-refractivity contribution in [2.75, 3.05) is 31.1 Å². The molecule has 1 aliphatic rings. The third-order valence-corrected chi connectivity index (χ3v) is 5.05. The minimum absolute atomic E-state index is 0.0162. The predicted molar refractivity (Wildman–Crippen MR) is 97.7 cm³/mol. The molecule has 4 nitrogen and oxygen atoms in total. The lowest BCUT2D eigenvalue weighted by Crippen LogP contribution is -2.46. The number of hydrogen-bond acceptors (Lipinski definition) is 4. The maximum Gasteiger partial charge on any atom is 0.187 e. The van der Waals surface area contributed by atoms with Gasteiger partial charge in [0, 0.05) is 38.3 Å². The quantitative estimate of drug-likeness (QED) is 0.763. The maximum atomic E-state index is 14.6. The number of hydrogen-bond donors (Lipinski definition) is 0. The summed E-state index contributed by atoms with van der Waals surface area (Å²) in [5.74, 6) is -0.160. The highest BCUT2D eigenvalue weighted by Gasteiger charge is 2.24. The van der Waals surface area contributed by atoms with Crippen LogP contribution in [0.2, 0.25) is 0 Å². The van der Waals surface area contributed by atoms with E-state index in [1.807, 2.05) is 24.8 Å². The van der Waals surface area contributed by atoms with E-state index in [4.69, 9.17) is 0 Å². The largest absolute Gasteiger partial charge is 0.352 e. The van der Waals surface area contributed by atoms with Gasteiger partial charge in [-0.25, -0.2) is 18.7 Å². The van der Waals surface area contributed by atoms with Gasteiger partial charge >= 0.3 is 0 Å². The second kappa shape index (κ2) is 7.74. The molecule has 1 fully saturated rings. The Morgan fingerprint density at radius 1 is 1.08 bits per heavy atom. The van der Waals surface area contributed by atoms with Crippen molar-refractivity contribution in [3.63, 3.8) is 0 Å². The van der Waals surface area contributed by atoms with Gasteiger partial charge in [-0.2, -0.15) is 0 Å². The second-order valence-electron chi connectivity index (χ2n) is 6.53. The molecule has 0 saturated carbocycles. The van der Waals surface area contributed by atoms with Gasteiger partial charge in [-0.05, 0) is 27.9 Å². The zero-order chi connectivity index (χ0) is 18.0. The Morgan fingerprint density at radius 2 is 1.80 bits per heavy atom. The van der Waals surface area contributed by atoms with Gasteiger partial charge in [-0.1, -0.05) is 26.0 Å². The lowest BCUT2D eigenvalue weighted by molar-refractivity contribution is 0.245. The highest BCUT2D eigenvalue weighted by atomic mass is 79.9. The number of piperazine rings is 1. The monoisotopic (exact) mass is 410 g/mol. The highest BCUT2D eigenvalue weighted by molar-refractivity contribution is 9.10. The molecule has 134 valence electrons. The van der Waals surface area contributed by atoms with Crippen LogP contribution in [0, 0.1) is 11.6 Å². The lowest BCUT2D eigenvalue weighted by Gasteiger charge is -2.35. The van der Waals surface area contributed by atoms with Crippen LogP contribution in [0.15, 0.2) is 29.0 Å². The van der Waals surface area contributed by atoms with E-state index in [0.29, 0.717) is 41.2 Å². The number of nitrogens with zero attached hydrogens (tertiary/aromatic N) is 4. The number of rotatable bonds is 4. The summed E-state index contributed by atoms with van der Waals surface area (Å²) in [4.78, 5) is 12.3. The summed E-state index contributed by atoms with van der Waals surface area (Å²) in [5.41, 5.74) is 1.11. The molecule has 0 aliphatic carbocycles. The smallest absolute Gasteiger partial charge is 0.187 e. The van der Waals surface area contributed by atoms with E-state index in [2.05, 4.69) is 30.8 Å². The van der Waals surface area contributed by atoms with E-state index in [0.717, 1.165) is 13.1 Å². The van der Waals surface area contributed by atoms with E-state index >= 15 is 0 Å². The van der Waals surface area contributed by atoms with Crippen molar-refractivity contribution in [2.45, 2.75) is 26.3 Å². The van der Waals surface area contributed by atoms with Crippen molar-refractivity contribution >= 4 is 21.7 Å². The molecule has 0 bridgehead atoms. The molecule has 1 aliphatic heterocycles. The first-order valence-electron chi connectivity index (χ1n) is 8.38. The van der Waals surface area contributed by atoms with Crippen molar-refractivity contribution in [2.24, 2.45) is 0 Å². The van der Waals surface area contributed by atoms with Crippen LogP contribution in [0.5, 0.6) is 0 Å². The zero-order valence-electron chi connectivity index (χ0n) is 14.3. The SMILES string of the molecule is CC(C)c1ncnc(N2CCN(Cc3cccc(Br)c3F)CC2)c1F. The Morgan fingerprint density at radius 3 is 2.48 bits per heavy atom. The van der Waals surface area contributed by atoms with Crippen LogP contribution in [0.4, 0.5) is 14.6 Å². The minimum Gasteiger partial charge on any atom is -0.352 e. The summed E-state index contributed by atoms with van der Waals surface area (Å²) in [7, 11) is 0. The second-order valence-corrected chi connectivity index (χ2v) is 7.38. The van der Waals surface area contributed by atoms with E-state index in [1.165, 1.54) is 6.33 Å². The first kappa shape index (κ1) is 18.2. The van der Waals surface area contributed by atoms with Crippen LogP contribution in [-0.2, 0) is 6.54 Å². The summed E-state index contributed by atoms with van der Waals surface area (Å²) < 4.78 is 29.2. The van der Waals surface area contributed by atoms with Crippen LogP contribution in [0.3, 0.4) is 0 Å². The Labute approximate surface area is 155 Å². The molecule has 0 amide bonds. The van der Waals surface area contributed by atoms with Gasteiger partial charge in [0.25, 0.3) is 0 Å². The highest BCUT2D eigenvalue weighted by Crippen LogP contribution is 2.25. The van der Waals surface area contributed by atoms with Gasteiger partial charge in [0.15, 0.2) is 11.6 Å². The standard InChI is InChI=1S/C18H21BrF2N4/c1-12(2)17-16(21)18(23-11-22-17)25-8-6-24(7-9-25)10-13-4-3-5-14(19)15(13)20/h3-5,11-12H,6-10H2,1-2H3. The Hall–Kier alpha value is -1.60. The van der Waals surface area contributed by atoms with Crippen LogP contribution in [0.1, 0.15) is 31.0 Å².